The minimum absolute atomic E-state index is 0.0593. The monoisotopic (exact) mass is 768 g/mol. The number of hydrogen-bond acceptors (Lipinski definition) is 6. The second-order valence-corrected chi connectivity index (χ2v) is 18.4. The molecule has 0 heterocycles. The predicted molar refractivity (Wildman–Crippen MR) is 229 cm³/mol. The van der Waals surface area contributed by atoms with Crippen molar-refractivity contribution in [1.29, 1.82) is 0 Å². The van der Waals surface area contributed by atoms with Gasteiger partial charge in [0.15, 0.2) is 12.2 Å². The molecule has 0 aliphatic rings. The van der Waals surface area contributed by atoms with Gasteiger partial charge in [-0.05, 0) is 108 Å². The molecule has 4 aromatic carbocycles. The van der Waals surface area contributed by atoms with Gasteiger partial charge in [-0.2, -0.15) is 0 Å². The number of rotatable bonds is 17. The molecule has 8 heteroatoms. The summed E-state index contributed by atoms with van der Waals surface area (Å²) in [5, 5.41) is 6.29. The summed E-state index contributed by atoms with van der Waals surface area (Å²) in [4.78, 5) is 29.3. The molecular formula is C46H60N2O4S2. The lowest BCUT2D eigenvalue weighted by Gasteiger charge is -2.26. The largest absolute Gasteiger partial charge is 0.480 e. The summed E-state index contributed by atoms with van der Waals surface area (Å²) in [5.74, 6) is 0.904. The summed E-state index contributed by atoms with van der Waals surface area (Å²) in [6.07, 6.45) is 0.689. The number of hydrogen-bond donors (Lipinski definition) is 2. The van der Waals surface area contributed by atoms with E-state index in [1.807, 2.05) is 102 Å². The van der Waals surface area contributed by atoms with Crippen molar-refractivity contribution in [3.63, 3.8) is 0 Å². The molecule has 0 bridgehead atoms. The first-order valence-corrected chi connectivity index (χ1v) is 21.3. The number of anilines is 2. The van der Waals surface area contributed by atoms with Gasteiger partial charge in [0.05, 0.1) is 11.4 Å². The molecule has 54 heavy (non-hydrogen) atoms. The minimum Gasteiger partial charge on any atom is -0.480 e. The van der Waals surface area contributed by atoms with E-state index in [-0.39, 0.29) is 34.5 Å². The van der Waals surface area contributed by atoms with Gasteiger partial charge in [0, 0.05) is 9.79 Å². The lowest BCUT2D eigenvalue weighted by molar-refractivity contribution is -0.125. The standard InChI is InChI=1S/C46H60N2O4S2/c1-13-45(9,10)33-23-25-37(31(7)27-33)51-41(29(3)4)43(49)47-35-19-15-17-21-39(35)53-54-40-22-18-16-20-36(40)48-44(50)42(30(5)6)52-38-26-24-34(28-32(38)8)46(11,12)14-2/h15-30,41-42H,13-14H2,1-12H3,(H,47,49)(H,48,50). The fourth-order valence-electron chi connectivity index (χ4n) is 5.85. The van der Waals surface area contributed by atoms with Crippen molar-refractivity contribution in [2.24, 2.45) is 11.8 Å². The molecule has 0 radical (unpaired) electrons. The van der Waals surface area contributed by atoms with Gasteiger partial charge in [0.25, 0.3) is 11.8 Å². The van der Waals surface area contributed by atoms with E-state index in [4.69, 9.17) is 9.47 Å². The zero-order chi connectivity index (χ0) is 39.8. The van der Waals surface area contributed by atoms with Gasteiger partial charge in [0.2, 0.25) is 0 Å². The molecule has 2 atom stereocenters. The third-order valence-electron chi connectivity index (χ3n) is 10.4. The molecular weight excluding hydrogens is 709 g/mol. The number of carbonyl (C=O) groups excluding carboxylic acids is 2. The first-order valence-electron chi connectivity index (χ1n) is 19.2. The highest BCUT2D eigenvalue weighted by molar-refractivity contribution is 8.76. The maximum atomic E-state index is 13.8. The van der Waals surface area contributed by atoms with Crippen molar-refractivity contribution in [1.82, 2.24) is 0 Å². The summed E-state index contributed by atoms with van der Waals surface area (Å²) >= 11 is 0. The molecule has 0 aliphatic heterocycles. The van der Waals surface area contributed by atoms with Gasteiger partial charge < -0.3 is 20.1 Å². The summed E-state index contributed by atoms with van der Waals surface area (Å²) in [7, 11) is 3.04. The van der Waals surface area contributed by atoms with Crippen LogP contribution in [-0.2, 0) is 20.4 Å². The Labute approximate surface area is 332 Å². The number of amides is 2. The summed E-state index contributed by atoms with van der Waals surface area (Å²) in [6, 6.07) is 28.0. The van der Waals surface area contributed by atoms with E-state index in [9.17, 15) is 9.59 Å². The van der Waals surface area contributed by atoms with Crippen LogP contribution in [0.2, 0.25) is 0 Å². The molecule has 6 nitrogen and oxygen atoms in total. The van der Waals surface area contributed by atoms with Gasteiger partial charge in [-0.3, -0.25) is 9.59 Å². The summed E-state index contributed by atoms with van der Waals surface area (Å²) in [5.41, 5.74) is 6.05. The van der Waals surface area contributed by atoms with Crippen molar-refractivity contribution in [3.05, 3.63) is 107 Å². The van der Waals surface area contributed by atoms with Gasteiger partial charge in [-0.25, -0.2) is 0 Å². The van der Waals surface area contributed by atoms with Crippen molar-refractivity contribution < 1.29 is 19.1 Å². The number of ether oxygens (including phenoxy) is 2. The van der Waals surface area contributed by atoms with E-state index in [1.165, 1.54) is 32.7 Å². The highest BCUT2D eigenvalue weighted by Crippen LogP contribution is 2.44. The molecule has 2 N–H and O–H groups in total. The van der Waals surface area contributed by atoms with Crippen LogP contribution in [0.15, 0.2) is 94.7 Å². The van der Waals surface area contributed by atoms with Crippen molar-refractivity contribution in [3.8, 4) is 11.5 Å². The van der Waals surface area contributed by atoms with E-state index in [2.05, 4.69) is 76.4 Å². The smallest absolute Gasteiger partial charge is 0.265 e. The SMILES string of the molecule is CCC(C)(C)c1ccc(OC(C(=O)Nc2ccccc2SSc2ccccc2NC(=O)C(Oc2ccc(C(C)(C)CC)cc2C)C(C)C)C(C)C)c(C)c1. The number of nitrogens with one attached hydrogen (secondary N) is 2. The van der Waals surface area contributed by atoms with E-state index >= 15 is 0 Å². The normalized spacial score (nSPS) is 13.1. The minimum atomic E-state index is -0.684. The quantitative estimate of drug-likeness (QED) is 0.104. The molecule has 4 aromatic rings. The third kappa shape index (κ3) is 10.9. The number of aryl methyl sites for hydroxylation is 2. The molecule has 290 valence electrons. The number of para-hydroxylation sites is 2. The average molecular weight is 769 g/mol. The van der Waals surface area contributed by atoms with E-state index < -0.39 is 12.2 Å². The maximum absolute atomic E-state index is 13.8. The lowest BCUT2D eigenvalue weighted by Crippen LogP contribution is -2.37. The van der Waals surface area contributed by atoms with E-state index in [0.29, 0.717) is 22.9 Å². The second-order valence-electron chi connectivity index (χ2n) is 16.1. The molecule has 2 unspecified atom stereocenters. The predicted octanol–water partition coefficient (Wildman–Crippen LogP) is 12.6. The van der Waals surface area contributed by atoms with Crippen LogP contribution in [-0.4, -0.2) is 24.0 Å². The van der Waals surface area contributed by atoms with Crippen LogP contribution in [0.3, 0.4) is 0 Å². The molecule has 4 rings (SSSR count). The Morgan fingerprint density at radius 3 is 1.26 bits per heavy atom. The Bertz CT molecular complexity index is 1760. The topological polar surface area (TPSA) is 76.7 Å². The van der Waals surface area contributed by atoms with Crippen molar-refractivity contribution >= 4 is 44.8 Å². The fraction of sp³-hybridized carbons (Fsp3) is 0.435. The first kappa shape index (κ1) is 42.9. The second kappa shape index (κ2) is 18.6. The van der Waals surface area contributed by atoms with Gasteiger partial charge in [-0.1, -0.05) is 139 Å². The summed E-state index contributed by atoms with van der Waals surface area (Å²) < 4.78 is 12.8. The van der Waals surface area contributed by atoms with Crippen LogP contribution < -0.4 is 20.1 Å². The molecule has 2 amide bonds. The van der Waals surface area contributed by atoms with Crippen LogP contribution in [0.1, 0.15) is 104 Å². The van der Waals surface area contributed by atoms with Crippen LogP contribution >= 0.6 is 21.6 Å². The Balaban J connectivity index is 1.46. The zero-order valence-corrected chi connectivity index (χ0v) is 35.9. The molecule has 0 aliphatic carbocycles. The van der Waals surface area contributed by atoms with Crippen LogP contribution in [0.25, 0.3) is 0 Å². The van der Waals surface area contributed by atoms with Crippen LogP contribution in [0, 0.1) is 25.7 Å². The number of carbonyl (C=O) groups is 2. The maximum Gasteiger partial charge on any atom is 0.265 e. The highest BCUT2D eigenvalue weighted by atomic mass is 33.1. The third-order valence-corrected chi connectivity index (χ3v) is 12.9. The Morgan fingerprint density at radius 2 is 0.944 bits per heavy atom. The lowest BCUT2D eigenvalue weighted by atomic mass is 9.81. The fourth-order valence-corrected chi connectivity index (χ4v) is 8.13. The highest BCUT2D eigenvalue weighted by Gasteiger charge is 2.29. The Morgan fingerprint density at radius 1 is 0.593 bits per heavy atom. The van der Waals surface area contributed by atoms with Gasteiger partial charge >= 0.3 is 0 Å². The molecule has 0 saturated carbocycles. The Kier molecular flexibility index (Phi) is 14.8. The summed E-state index contributed by atoms with van der Waals surface area (Å²) in [6.45, 7) is 25.4. The van der Waals surface area contributed by atoms with Gasteiger partial charge in [0.1, 0.15) is 11.5 Å². The van der Waals surface area contributed by atoms with Gasteiger partial charge in [-0.15, -0.1) is 0 Å². The average Bonchev–Trinajstić information content (AvgIpc) is 3.13. The first-order chi connectivity index (χ1) is 25.5. The zero-order valence-electron chi connectivity index (χ0n) is 34.3. The molecule has 0 saturated heterocycles. The molecule has 0 fully saturated rings. The molecule has 0 aromatic heterocycles. The van der Waals surface area contributed by atoms with Crippen LogP contribution in [0.4, 0.5) is 11.4 Å². The van der Waals surface area contributed by atoms with E-state index in [0.717, 1.165) is 33.8 Å². The molecule has 0 spiro atoms. The van der Waals surface area contributed by atoms with Crippen LogP contribution in [0.5, 0.6) is 11.5 Å². The van der Waals surface area contributed by atoms with Crippen molar-refractivity contribution in [2.75, 3.05) is 10.6 Å². The Hall–Kier alpha value is -3.88. The van der Waals surface area contributed by atoms with Crippen molar-refractivity contribution in [2.45, 2.75) is 129 Å². The number of benzene rings is 4. The van der Waals surface area contributed by atoms with E-state index in [1.54, 1.807) is 0 Å².